The molecule has 7 heteroatoms. The number of nitrogens with zero attached hydrogens (tertiary/aromatic N) is 4. The molecule has 1 aromatic carbocycles. The second-order valence-electron chi connectivity index (χ2n) is 5.27. The molecule has 1 amide bonds. The van der Waals surface area contributed by atoms with Gasteiger partial charge < -0.3 is 10.1 Å². The molecule has 0 radical (unpaired) electrons. The van der Waals surface area contributed by atoms with Crippen molar-refractivity contribution in [2.24, 2.45) is 0 Å². The number of hydrogen-bond donors (Lipinski definition) is 1. The van der Waals surface area contributed by atoms with Gasteiger partial charge in [-0.2, -0.15) is 10.4 Å². The first-order valence-electron chi connectivity index (χ1n) is 7.49. The van der Waals surface area contributed by atoms with Crippen LogP contribution < -0.4 is 10.1 Å². The van der Waals surface area contributed by atoms with Gasteiger partial charge >= 0.3 is 0 Å². The number of nitriles is 1. The van der Waals surface area contributed by atoms with Crippen LogP contribution in [-0.2, 0) is 0 Å². The standard InChI is InChI=1S/C18H15N5O2/c1-12-13(11-19)4-5-17(21-12)18(24)22-14-8-15(10-16(9-14)25-2)23-7-3-6-20-23/h3-10H,1-2H3,(H,22,24). The molecule has 0 spiro atoms. The fraction of sp³-hybridized carbons (Fsp3) is 0.111. The molecule has 0 unspecified atom stereocenters. The average Bonchev–Trinajstić information content (AvgIpc) is 3.16. The van der Waals surface area contributed by atoms with E-state index >= 15 is 0 Å². The van der Waals surface area contributed by atoms with E-state index in [1.807, 2.05) is 12.1 Å². The van der Waals surface area contributed by atoms with E-state index in [0.717, 1.165) is 5.69 Å². The van der Waals surface area contributed by atoms with E-state index in [1.54, 1.807) is 55.4 Å². The van der Waals surface area contributed by atoms with Gasteiger partial charge in [0, 0.05) is 30.2 Å². The highest BCUT2D eigenvalue weighted by Crippen LogP contribution is 2.23. The molecule has 0 saturated carbocycles. The summed E-state index contributed by atoms with van der Waals surface area (Å²) in [6, 6.07) is 12.2. The molecule has 124 valence electrons. The SMILES string of the molecule is COc1cc(NC(=O)c2ccc(C#N)c(C)n2)cc(-n2cccn2)c1. The number of aryl methyl sites for hydroxylation is 1. The van der Waals surface area contributed by atoms with Crippen LogP contribution in [0.25, 0.3) is 5.69 Å². The minimum absolute atomic E-state index is 0.236. The number of amides is 1. The van der Waals surface area contributed by atoms with Gasteiger partial charge in [-0.05, 0) is 31.2 Å². The van der Waals surface area contributed by atoms with Crippen molar-refractivity contribution in [2.75, 3.05) is 12.4 Å². The van der Waals surface area contributed by atoms with Crippen LogP contribution in [0.3, 0.4) is 0 Å². The van der Waals surface area contributed by atoms with Crippen LogP contribution in [0, 0.1) is 18.3 Å². The largest absolute Gasteiger partial charge is 0.497 e. The number of ether oxygens (including phenoxy) is 1. The molecule has 0 aliphatic rings. The van der Waals surface area contributed by atoms with Crippen molar-refractivity contribution >= 4 is 11.6 Å². The quantitative estimate of drug-likeness (QED) is 0.792. The maximum absolute atomic E-state index is 12.4. The summed E-state index contributed by atoms with van der Waals surface area (Å²) in [5.74, 6) is 0.222. The Hall–Kier alpha value is -3.66. The van der Waals surface area contributed by atoms with Gasteiger partial charge in [-0.15, -0.1) is 0 Å². The Labute approximate surface area is 144 Å². The third-order valence-corrected chi connectivity index (χ3v) is 3.59. The molecule has 1 N–H and O–H groups in total. The summed E-state index contributed by atoms with van der Waals surface area (Å²) in [4.78, 5) is 16.6. The van der Waals surface area contributed by atoms with Crippen molar-refractivity contribution in [1.82, 2.24) is 14.8 Å². The summed E-state index contributed by atoms with van der Waals surface area (Å²) in [5.41, 5.74) is 2.50. The summed E-state index contributed by atoms with van der Waals surface area (Å²) in [7, 11) is 1.55. The summed E-state index contributed by atoms with van der Waals surface area (Å²) in [6.07, 6.45) is 3.47. The third-order valence-electron chi connectivity index (χ3n) is 3.59. The molecule has 7 nitrogen and oxygen atoms in total. The Morgan fingerprint density at radius 2 is 2.16 bits per heavy atom. The maximum Gasteiger partial charge on any atom is 0.274 e. The molecule has 2 aromatic heterocycles. The van der Waals surface area contributed by atoms with Crippen molar-refractivity contribution in [3.8, 4) is 17.5 Å². The van der Waals surface area contributed by atoms with Gasteiger partial charge in [-0.3, -0.25) is 4.79 Å². The molecular formula is C18H15N5O2. The highest BCUT2D eigenvalue weighted by atomic mass is 16.5. The zero-order valence-electron chi connectivity index (χ0n) is 13.7. The van der Waals surface area contributed by atoms with Crippen molar-refractivity contribution < 1.29 is 9.53 Å². The number of methoxy groups -OCH3 is 1. The number of carbonyl (C=O) groups excluding carboxylic acids is 1. The summed E-state index contributed by atoms with van der Waals surface area (Å²) in [5, 5.41) is 15.9. The number of benzene rings is 1. The first kappa shape index (κ1) is 16.2. The average molecular weight is 333 g/mol. The highest BCUT2D eigenvalue weighted by molar-refractivity contribution is 6.03. The lowest BCUT2D eigenvalue weighted by Crippen LogP contribution is -2.15. The predicted octanol–water partition coefficient (Wildman–Crippen LogP) is 2.71. The molecule has 25 heavy (non-hydrogen) atoms. The van der Waals surface area contributed by atoms with Gasteiger partial charge in [0.25, 0.3) is 5.91 Å². The third kappa shape index (κ3) is 3.48. The molecule has 0 aliphatic carbocycles. The lowest BCUT2D eigenvalue weighted by Gasteiger charge is -2.11. The molecule has 0 fully saturated rings. The van der Waals surface area contributed by atoms with Crippen molar-refractivity contribution in [2.45, 2.75) is 6.92 Å². The monoisotopic (exact) mass is 333 g/mol. The van der Waals surface area contributed by atoms with E-state index in [2.05, 4.69) is 15.4 Å². The number of hydrogen-bond acceptors (Lipinski definition) is 5. The molecule has 2 heterocycles. The first-order valence-corrected chi connectivity index (χ1v) is 7.49. The fourth-order valence-corrected chi connectivity index (χ4v) is 2.33. The molecule has 0 aliphatic heterocycles. The van der Waals surface area contributed by atoms with Crippen LogP contribution in [0.4, 0.5) is 5.69 Å². The zero-order chi connectivity index (χ0) is 17.8. The van der Waals surface area contributed by atoms with Crippen molar-refractivity contribution in [1.29, 1.82) is 5.26 Å². The minimum atomic E-state index is -0.368. The second kappa shape index (κ2) is 6.84. The van der Waals surface area contributed by atoms with Gasteiger partial charge in [0.2, 0.25) is 0 Å². The lowest BCUT2D eigenvalue weighted by molar-refractivity contribution is 0.102. The summed E-state index contributed by atoms with van der Waals surface area (Å²) < 4.78 is 6.96. The number of carbonyl (C=O) groups is 1. The van der Waals surface area contributed by atoms with Crippen LogP contribution in [0.2, 0.25) is 0 Å². The fourth-order valence-electron chi connectivity index (χ4n) is 2.33. The van der Waals surface area contributed by atoms with E-state index in [9.17, 15) is 4.79 Å². The van der Waals surface area contributed by atoms with E-state index in [0.29, 0.717) is 22.7 Å². The van der Waals surface area contributed by atoms with Crippen LogP contribution in [-0.4, -0.2) is 27.8 Å². The normalized spacial score (nSPS) is 10.1. The predicted molar refractivity (Wildman–Crippen MR) is 91.8 cm³/mol. The van der Waals surface area contributed by atoms with E-state index < -0.39 is 0 Å². The number of pyridine rings is 1. The topological polar surface area (TPSA) is 92.8 Å². The van der Waals surface area contributed by atoms with Crippen LogP contribution in [0.15, 0.2) is 48.8 Å². The zero-order valence-corrected chi connectivity index (χ0v) is 13.7. The molecule has 0 atom stereocenters. The van der Waals surface area contributed by atoms with Crippen LogP contribution >= 0.6 is 0 Å². The van der Waals surface area contributed by atoms with Crippen molar-refractivity contribution in [3.05, 3.63) is 65.7 Å². The van der Waals surface area contributed by atoms with Gasteiger partial charge in [0.15, 0.2) is 0 Å². The molecule has 3 rings (SSSR count). The Morgan fingerprint density at radius 3 is 2.80 bits per heavy atom. The molecule has 0 saturated heterocycles. The second-order valence-corrected chi connectivity index (χ2v) is 5.27. The molecule has 0 bridgehead atoms. The van der Waals surface area contributed by atoms with Crippen molar-refractivity contribution in [3.63, 3.8) is 0 Å². The maximum atomic E-state index is 12.4. The van der Waals surface area contributed by atoms with Gasteiger partial charge in [0.1, 0.15) is 17.5 Å². The van der Waals surface area contributed by atoms with E-state index in [-0.39, 0.29) is 11.6 Å². The summed E-state index contributed by atoms with van der Waals surface area (Å²) >= 11 is 0. The van der Waals surface area contributed by atoms with Gasteiger partial charge in [-0.1, -0.05) is 0 Å². The molecule has 3 aromatic rings. The number of anilines is 1. The van der Waals surface area contributed by atoms with Gasteiger partial charge in [-0.25, -0.2) is 9.67 Å². The van der Waals surface area contributed by atoms with Gasteiger partial charge in [0.05, 0.1) is 24.1 Å². The lowest BCUT2D eigenvalue weighted by atomic mass is 10.2. The Morgan fingerprint density at radius 1 is 1.32 bits per heavy atom. The Kier molecular flexibility index (Phi) is 4.44. The number of rotatable bonds is 4. The Balaban J connectivity index is 1.89. The number of nitrogens with one attached hydrogen (secondary N) is 1. The Bertz CT molecular complexity index is 958. The van der Waals surface area contributed by atoms with Crippen LogP contribution in [0.5, 0.6) is 5.75 Å². The smallest absolute Gasteiger partial charge is 0.274 e. The minimum Gasteiger partial charge on any atom is -0.497 e. The van der Waals surface area contributed by atoms with E-state index in [1.165, 1.54) is 6.07 Å². The first-order chi connectivity index (χ1) is 12.1. The molecular weight excluding hydrogens is 318 g/mol. The number of aromatic nitrogens is 3. The highest BCUT2D eigenvalue weighted by Gasteiger charge is 2.12. The van der Waals surface area contributed by atoms with Crippen LogP contribution in [0.1, 0.15) is 21.7 Å². The van der Waals surface area contributed by atoms with E-state index in [4.69, 9.17) is 10.00 Å². The summed E-state index contributed by atoms with van der Waals surface area (Å²) in [6.45, 7) is 1.69.